The average Bonchev–Trinajstić information content (AvgIpc) is 3.91. The van der Waals surface area contributed by atoms with Crippen molar-refractivity contribution in [2.45, 2.75) is 173 Å². The Morgan fingerprint density at radius 2 is 1.54 bits per heavy atom. The first-order valence-electron chi connectivity index (χ1n) is 27.1. The van der Waals surface area contributed by atoms with Crippen LogP contribution in [0.1, 0.15) is 117 Å². The molecule has 4 rings (SSSR count). The molecule has 2 aromatic rings. The predicted octanol–water partition coefficient (Wildman–Crippen LogP) is 4.41. The van der Waals surface area contributed by atoms with E-state index in [1.54, 1.807) is 46.6 Å². The fourth-order valence-electron chi connectivity index (χ4n) is 10.7. The number of aliphatic hydroxyl groups excluding tert-OH is 4. The number of nitrogens with zero attached hydrogens (tertiary/aromatic N) is 4. The molecule has 0 bridgehead atoms. The highest BCUT2D eigenvalue weighted by Crippen LogP contribution is 2.37. The van der Waals surface area contributed by atoms with Crippen LogP contribution in [0.5, 0.6) is 5.75 Å². The van der Waals surface area contributed by atoms with Gasteiger partial charge in [-0.05, 0) is 48.1 Å². The highest BCUT2D eigenvalue weighted by molar-refractivity contribution is 5.92. The highest BCUT2D eigenvalue weighted by Gasteiger charge is 2.49. The van der Waals surface area contributed by atoms with E-state index in [1.807, 2.05) is 51.1 Å². The number of terminal acetylenes is 1. The molecule has 2 heterocycles. The quantitative estimate of drug-likeness (QED) is 0.0390. The number of rotatable bonds is 28. The molecule has 0 saturated carbocycles. The number of methoxy groups -OCH3 is 2. The summed E-state index contributed by atoms with van der Waals surface area (Å²) in [6.45, 7) is 14.8. The van der Waals surface area contributed by atoms with E-state index < -0.39 is 137 Å². The molecule has 80 heavy (non-hydrogen) atoms. The summed E-state index contributed by atoms with van der Waals surface area (Å²) < 4.78 is 28.4. The van der Waals surface area contributed by atoms with Crippen molar-refractivity contribution < 1.29 is 82.9 Å². The van der Waals surface area contributed by atoms with Crippen molar-refractivity contribution in [3.8, 4) is 18.1 Å². The van der Waals surface area contributed by atoms with E-state index in [-0.39, 0.29) is 48.4 Å². The number of aliphatic carboxylic acids is 1. The van der Waals surface area contributed by atoms with Gasteiger partial charge in [0.05, 0.1) is 48.2 Å². The van der Waals surface area contributed by atoms with Crippen LogP contribution in [-0.2, 0) is 42.9 Å². The lowest BCUT2D eigenvalue weighted by Crippen LogP contribution is -2.61. The van der Waals surface area contributed by atoms with E-state index in [0.717, 1.165) is 17.0 Å². The number of likely N-dealkylation sites (N-methyl/N-ethyl adjacent to an activating group) is 2. The van der Waals surface area contributed by atoms with Crippen LogP contribution in [0.25, 0.3) is 0 Å². The second-order valence-corrected chi connectivity index (χ2v) is 21.7. The van der Waals surface area contributed by atoms with Crippen LogP contribution < -0.4 is 10.1 Å². The molecule has 444 valence electrons. The number of hydrogen-bond acceptors (Lipinski definition) is 17. The molecule has 23 heteroatoms. The molecule has 0 aromatic heterocycles. The number of nitro groups is 1. The fourth-order valence-corrected chi connectivity index (χ4v) is 10.7. The first-order valence-corrected chi connectivity index (χ1v) is 27.1. The van der Waals surface area contributed by atoms with E-state index >= 15 is 0 Å². The number of likely N-dealkylation sites (tertiary alicyclic amines) is 1. The molecule has 6 N–H and O–H groups in total. The SMILES string of the molecule is C#CCC(OC(=O)N(C)[C@@H](C(=O)N[C@@H](C(=O)N(C)[C@H]([C@H](C)CC)[C@H](CC(=O)N1CCCC1[C@@H](OC)[C@H](C)C(=O)C[C@@H](C)[C@H](O)c1ccccc1)OC)C(C)C)C(C)C)c1ccc(OC2OC(C(=O)O)C(O)C(O)C2O)c([N+](=O)[O-])c1. The lowest BCUT2D eigenvalue weighted by molar-refractivity contribution is -0.387. The molecular weight excluding hydrogens is 1040 g/mol. The van der Waals surface area contributed by atoms with Gasteiger partial charge in [0.1, 0.15) is 42.3 Å². The zero-order valence-electron chi connectivity index (χ0n) is 47.9. The molecule has 2 saturated heterocycles. The minimum Gasteiger partial charge on any atom is -0.479 e. The summed E-state index contributed by atoms with van der Waals surface area (Å²) in [5, 5.41) is 66.3. The number of aliphatic hydroxyl groups is 4. The highest BCUT2D eigenvalue weighted by atomic mass is 16.7. The number of amides is 4. The number of carbonyl (C=O) groups is 6. The maximum atomic E-state index is 14.8. The van der Waals surface area contributed by atoms with Crippen molar-refractivity contribution in [1.82, 2.24) is 20.0 Å². The smallest absolute Gasteiger partial charge is 0.410 e. The topological polar surface area (TPSA) is 315 Å². The summed E-state index contributed by atoms with van der Waals surface area (Å²) in [7, 11) is 5.89. The number of carboxylic acids is 1. The van der Waals surface area contributed by atoms with Gasteiger partial charge in [-0.15, -0.1) is 12.3 Å². The van der Waals surface area contributed by atoms with Gasteiger partial charge in [-0.3, -0.25) is 34.2 Å². The number of nitro benzene ring substituents is 1. The third kappa shape index (κ3) is 16.0. The Balaban J connectivity index is 1.50. The van der Waals surface area contributed by atoms with Crippen LogP contribution in [0.4, 0.5) is 10.5 Å². The van der Waals surface area contributed by atoms with Crippen LogP contribution in [0.3, 0.4) is 0 Å². The van der Waals surface area contributed by atoms with E-state index in [2.05, 4.69) is 11.2 Å². The maximum absolute atomic E-state index is 14.8. The van der Waals surface area contributed by atoms with Gasteiger partial charge in [0.15, 0.2) is 11.9 Å². The Morgan fingerprint density at radius 3 is 2.09 bits per heavy atom. The summed E-state index contributed by atoms with van der Waals surface area (Å²) in [5.74, 6) is -3.66. The van der Waals surface area contributed by atoms with Crippen molar-refractivity contribution in [1.29, 1.82) is 0 Å². The number of ether oxygens (including phenoxy) is 5. The Labute approximate surface area is 468 Å². The van der Waals surface area contributed by atoms with Gasteiger partial charge in [0.2, 0.25) is 24.0 Å². The number of Topliss-reactive ketones (excluding diaryl/α,β-unsaturated/α-hetero) is 1. The molecule has 2 aromatic carbocycles. The number of carboxylic acid groups (broad SMARTS) is 1. The first-order chi connectivity index (χ1) is 37.7. The molecule has 16 atom stereocenters. The second kappa shape index (κ2) is 30.0. The molecule has 2 fully saturated rings. The normalized spacial score (nSPS) is 23.0. The van der Waals surface area contributed by atoms with Gasteiger partial charge in [0, 0.05) is 58.8 Å². The van der Waals surface area contributed by atoms with Gasteiger partial charge in [0.25, 0.3) is 0 Å². The van der Waals surface area contributed by atoms with E-state index in [0.29, 0.717) is 31.4 Å². The van der Waals surface area contributed by atoms with E-state index in [1.165, 1.54) is 32.2 Å². The van der Waals surface area contributed by atoms with Crippen LogP contribution in [-0.4, -0.2) is 183 Å². The lowest BCUT2D eigenvalue weighted by Gasteiger charge is -2.41. The average molecular weight is 1130 g/mol. The van der Waals surface area contributed by atoms with Gasteiger partial charge in [-0.2, -0.15) is 0 Å². The molecule has 0 radical (unpaired) electrons. The van der Waals surface area contributed by atoms with Gasteiger partial charge in [-0.1, -0.05) is 98.2 Å². The van der Waals surface area contributed by atoms with Crippen LogP contribution in [0, 0.1) is 52.0 Å². The van der Waals surface area contributed by atoms with Crippen LogP contribution >= 0.6 is 0 Å². The Bertz CT molecular complexity index is 2470. The number of hydrogen-bond donors (Lipinski definition) is 6. The predicted molar refractivity (Wildman–Crippen MR) is 290 cm³/mol. The lowest BCUT2D eigenvalue weighted by atomic mass is 9.85. The Hall–Kier alpha value is -6.26. The number of nitrogens with one attached hydrogen (secondary N) is 1. The summed E-state index contributed by atoms with van der Waals surface area (Å²) >= 11 is 0. The number of ketones is 1. The second-order valence-electron chi connectivity index (χ2n) is 21.7. The van der Waals surface area contributed by atoms with Gasteiger partial charge >= 0.3 is 17.7 Å². The van der Waals surface area contributed by atoms with Crippen LogP contribution in [0.15, 0.2) is 48.5 Å². The summed E-state index contributed by atoms with van der Waals surface area (Å²) in [6, 6.07) is 8.94. The summed E-state index contributed by atoms with van der Waals surface area (Å²) in [5.41, 5.74) is -0.0428. The maximum Gasteiger partial charge on any atom is 0.410 e. The molecule has 23 nitrogen and oxygen atoms in total. The molecule has 7 unspecified atom stereocenters. The molecule has 0 spiro atoms. The van der Waals surface area contributed by atoms with E-state index in [4.69, 9.17) is 30.1 Å². The van der Waals surface area contributed by atoms with Crippen molar-refractivity contribution in [2.75, 3.05) is 34.9 Å². The zero-order chi connectivity index (χ0) is 60.0. The molecule has 2 aliphatic rings. The first kappa shape index (κ1) is 66.3. The van der Waals surface area contributed by atoms with Gasteiger partial charge in [-0.25, -0.2) is 9.59 Å². The molecule has 4 amide bonds. The monoisotopic (exact) mass is 1130 g/mol. The largest absolute Gasteiger partial charge is 0.479 e. The van der Waals surface area contributed by atoms with Gasteiger partial charge < -0.3 is 64.3 Å². The summed E-state index contributed by atoms with van der Waals surface area (Å²) in [6.07, 6.45) is -7.63. The third-order valence-electron chi connectivity index (χ3n) is 15.5. The minimum absolute atomic E-state index is 0.00170. The Morgan fingerprint density at radius 1 is 0.887 bits per heavy atom. The molecule has 2 aliphatic heterocycles. The number of carbonyl (C=O) groups excluding carboxylic acids is 5. The van der Waals surface area contributed by atoms with Crippen LogP contribution in [0.2, 0.25) is 0 Å². The molecular formula is C57H83N5O18. The van der Waals surface area contributed by atoms with Crippen molar-refractivity contribution in [2.24, 2.45) is 29.6 Å². The zero-order valence-corrected chi connectivity index (χ0v) is 47.9. The van der Waals surface area contributed by atoms with Crippen molar-refractivity contribution >= 4 is 41.3 Å². The summed E-state index contributed by atoms with van der Waals surface area (Å²) in [4.78, 5) is 98.7. The van der Waals surface area contributed by atoms with E-state index in [9.17, 15) is 64.4 Å². The third-order valence-corrected chi connectivity index (χ3v) is 15.5. The van der Waals surface area contributed by atoms with Crippen molar-refractivity contribution in [3.05, 3.63) is 69.8 Å². The fraction of sp³-hybridized carbons (Fsp3) is 0.649. The Kier molecular flexibility index (Phi) is 24.8. The van der Waals surface area contributed by atoms with Crippen molar-refractivity contribution in [3.63, 3.8) is 0 Å². The minimum atomic E-state index is -2.05. The standard InChI is InChI=1S/C57H83N5O18/c1-14-20-40(36-24-25-41(38(28-36)62(74)75)78-56-50(68)48(66)49(67)52(80-56)55(71)72)79-57(73)60(11)45(31(5)6)53(69)58-44(30(3)4)54(70)59(10)46(32(7)15-2)42(76-12)29-43(64)61-26-19-23-37(61)51(77-13)34(9)39(63)27-33(8)47(65)35-21-17-16-18-22-35/h1,16-18,21-22,24-25,28,30-34,37,40,42,44-52,56,65-68H,15,19-20,23,26-27,29H2,2-13H3,(H,58,69)(H,71,72)/t32-,33-,34-,37?,40?,42+,44-,45-,46-,47+,48?,49?,50?,51+,52?,56?/m1/s1. The number of benzene rings is 2. The molecule has 0 aliphatic carbocycles.